The largest absolute Gasteiger partial charge is 0.484 e. The summed E-state index contributed by atoms with van der Waals surface area (Å²) in [4.78, 5) is 23.5. The van der Waals surface area contributed by atoms with Crippen molar-refractivity contribution in [2.75, 3.05) is 0 Å². The monoisotopic (exact) mass is 250 g/mol. The van der Waals surface area contributed by atoms with Gasteiger partial charge in [-0.05, 0) is 32.0 Å². The average Bonchev–Trinajstić information content (AvgIpc) is 2.67. The number of nitrogens with one attached hydrogen (secondary N) is 2. The van der Waals surface area contributed by atoms with Crippen molar-refractivity contribution in [2.45, 2.75) is 25.0 Å². The van der Waals surface area contributed by atoms with E-state index in [0.717, 1.165) is 0 Å². The smallest absolute Gasteiger partial charge is 0.322 e. The minimum absolute atomic E-state index is 0.343. The molecule has 2 aliphatic heterocycles. The number of amides is 3. The third-order valence-corrected chi connectivity index (χ3v) is 3.48. The van der Waals surface area contributed by atoms with Crippen molar-refractivity contribution in [3.63, 3.8) is 0 Å². The van der Waals surface area contributed by atoms with E-state index in [1.54, 1.807) is 13.8 Å². The number of fused-ring (bicyclic) bond motifs is 2. The summed E-state index contributed by atoms with van der Waals surface area (Å²) in [5, 5.41) is 4.74. The van der Waals surface area contributed by atoms with E-state index >= 15 is 0 Å². The molecule has 0 aromatic heterocycles. The molecule has 1 unspecified atom stereocenters. The first-order valence-electron chi connectivity index (χ1n) is 5.49. The van der Waals surface area contributed by atoms with E-state index in [0.29, 0.717) is 11.3 Å². The van der Waals surface area contributed by atoms with Gasteiger partial charge in [0.2, 0.25) is 0 Å². The van der Waals surface area contributed by atoms with Crippen LogP contribution in [0, 0.1) is 5.82 Å². The third-order valence-electron chi connectivity index (χ3n) is 3.48. The minimum Gasteiger partial charge on any atom is -0.484 e. The van der Waals surface area contributed by atoms with E-state index in [1.165, 1.54) is 18.2 Å². The Morgan fingerprint density at radius 2 is 2.00 bits per heavy atom. The molecule has 1 fully saturated rings. The first kappa shape index (κ1) is 11.0. The number of urea groups is 1. The average molecular weight is 250 g/mol. The summed E-state index contributed by atoms with van der Waals surface area (Å²) in [5.74, 6) is -0.607. The molecule has 0 aliphatic carbocycles. The van der Waals surface area contributed by atoms with Crippen molar-refractivity contribution >= 4 is 11.9 Å². The Labute approximate surface area is 102 Å². The molecule has 1 spiro atoms. The molecule has 2 aliphatic rings. The molecule has 0 radical (unpaired) electrons. The van der Waals surface area contributed by atoms with Crippen LogP contribution in [0.15, 0.2) is 18.2 Å². The van der Waals surface area contributed by atoms with E-state index in [1.807, 2.05) is 0 Å². The molecule has 3 rings (SSSR count). The number of halogens is 1. The van der Waals surface area contributed by atoms with Gasteiger partial charge in [0.05, 0.1) is 0 Å². The molecule has 0 bridgehead atoms. The highest BCUT2D eigenvalue weighted by Crippen LogP contribution is 2.49. The predicted molar refractivity (Wildman–Crippen MR) is 59.5 cm³/mol. The highest BCUT2D eigenvalue weighted by molar-refractivity contribution is 6.09. The summed E-state index contributed by atoms with van der Waals surface area (Å²) >= 11 is 0. The molecule has 94 valence electrons. The summed E-state index contributed by atoms with van der Waals surface area (Å²) in [7, 11) is 0. The first-order valence-corrected chi connectivity index (χ1v) is 5.49. The number of benzene rings is 1. The summed E-state index contributed by atoms with van der Waals surface area (Å²) in [6.45, 7) is 3.35. The summed E-state index contributed by atoms with van der Waals surface area (Å²) in [6.07, 6.45) is 0. The van der Waals surface area contributed by atoms with E-state index in [4.69, 9.17) is 4.74 Å². The van der Waals surface area contributed by atoms with Gasteiger partial charge >= 0.3 is 6.03 Å². The second-order valence-corrected chi connectivity index (χ2v) is 4.91. The second-order valence-electron chi connectivity index (χ2n) is 4.91. The van der Waals surface area contributed by atoms with E-state index in [2.05, 4.69) is 10.6 Å². The number of rotatable bonds is 0. The van der Waals surface area contributed by atoms with Gasteiger partial charge < -0.3 is 10.1 Å². The molecule has 5 nitrogen and oxygen atoms in total. The normalized spacial score (nSPS) is 27.7. The molecular formula is C12H11FN2O3. The van der Waals surface area contributed by atoms with E-state index < -0.39 is 28.9 Å². The minimum atomic E-state index is -1.37. The molecule has 18 heavy (non-hydrogen) atoms. The lowest BCUT2D eigenvalue weighted by molar-refractivity contribution is -0.129. The van der Waals surface area contributed by atoms with Gasteiger partial charge in [-0.3, -0.25) is 10.1 Å². The fourth-order valence-corrected chi connectivity index (χ4v) is 2.63. The molecule has 2 heterocycles. The lowest BCUT2D eigenvalue weighted by Gasteiger charge is -2.33. The van der Waals surface area contributed by atoms with Gasteiger partial charge in [0, 0.05) is 5.56 Å². The standard InChI is InChI=1S/C12H11FN2O3/c1-11(2)12(9(16)14-10(17)15-12)7-5-6(13)3-4-8(7)18-11/h3-5H,1-2H3,(H2,14,15,16,17). The second kappa shape index (κ2) is 3.01. The maximum atomic E-state index is 13.4. The zero-order valence-electron chi connectivity index (χ0n) is 9.83. The highest BCUT2D eigenvalue weighted by atomic mass is 19.1. The molecule has 3 amide bonds. The summed E-state index contributed by atoms with van der Waals surface area (Å²) in [6, 6.07) is 3.32. The molecule has 1 aromatic carbocycles. The van der Waals surface area contributed by atoms with Crippen LogP contribution < -0.4 is 15.4 Å². The van der Waals surface area contributed by atoms with Crippen molar-refractivity contribution in [3.8, 4) is 5.75 Å². The molecular weight excluding hydrogens is 239 g/mol. The number of carbonyl (C=O) groups excluding carboxylic acids is 2. The van der Waals surface area contributed by atoms with Gasteiger partial charge in [-0.15, -0.1) is 0 Å². The lowest BCUT2D eigenvalue weighted by Crippen LogP contribution is -2.58. The first-order chi connectivity index (χ1) is 8.37. The number of imide groups is 1. The SMILES string of the molecule is CC1(C)Oc2ccc(F)cc2C12NC(=O)NC2=O. The van der Waals surface area contributed by atoms with Crippen molar-refractivity contribution in [1.82, 2.24) is 10.6 Å². The van der Waals surface area contributed by atoms with Crippen LogP contribution in [0.5, 0.6) is 5.75 Å². The number of hydrogen-bond acceptors (Lipinski definition) is 3. The Morgan fingerprint density at radius 1 is 1.28 bits per heavy atom. The van der Waals surface area contributed by atoms with Crippen LogP contribution in [-0.2, 0) is 10.3 Å². The number of carbonyl (C=O) groups is 2. The highest BCUT2D eigenvalue weighted by Gasteiger charge is 2.64. The van der Waals surface area contributed by atoms with Gasteiger partial charge in [-0.1, -0.05) is 0 Å². The van der Waals surface area contributed by atoms with E-state index in [-0.39, 0.29) is 0 Å². The zero-order chi connectivity index (χ0) is 13.1. The van der Waals surface area contributed by atoms with Crippen LogP contribution in [0.2, 0.25) is 0 Å². The van der Waals surface area contributed by atoms with Gasteiger partial charge in [-0.2, -0.15) is 0 Å². The predicted octanol–water partition coefficient (Wildman–Crippen LogP) is 1.03. The van der Waals surface area contributed by atoms with Gasteiger partial charge in [0.1, 0.15) is 17.2 Å². The number of ether oxygens (including phenoxy) is 1. The van der Waals surface area contributed by atoms with Crippen LogP contribution in [0.1, 0.15) is 19.4 Å². The van der Waals surface area contributed by atoms with Crippen LogP contribution in [0.4, 0.5) is 9.18 Å². The van der Waals surface area contributed by atoms with Crippen molar-refractivity contribution in [2.24, 2.45) is 0 Å². The van der Waals surface area contributed by atoms with Crippen LogP contribution in [-0.4, -0.2) is 17.5 Å². The Kier molecular flexibility index (Phi) is 1.84. The van der Waals surface area contributed by atoms with Gasteiger partial charge in [-0.25, -0.2) is 9.18 Å². The molecule has 2 N–H and O–H groups in total. The lowest BCUT2D eigenvalue weighted by atomic mass is 9.78. The van der Waals surface area contributed by atoms with Crippen molar-refractivity contribution in [3.05, 3.63) is 29.6 Å². The third kappa shape index (κ3) is 1.10. The van der Waals surface area contributed by atoms with Crippen molar-refractivity contribution in [1.29, 1.82) is 0 Å². The molecule has 1 aromatic rings. The van der Waals surface area contributed by atoms with Crippen LogP contribution in [0.25, 0.3) is 0 Å². The topological polar surface area (TPSA) is 67.4 Å². The fourth-order valence-electron chi connectivity index (χ4n) is 2.63. The number of hydrogen-bond donors (Lipinski definition) is 2. The molecule has 0 saturated carbocycles. The molecule has 1 atom stereocenters. The Bertz CT molecular complexity index is 585. The van der Waals surface area contributed by atoms with Crippen LogP contribution >= 0.6 is 0 Å². The Morgan fingerprint density at radius 3 is 2.61 bits per heavy atom. The van der Waals surface area contributed by atoms with Crippen molar-refractivity contribution < 1.29 is 18.7 Å². The Balaban J connectivity index is 2.28. The Hall–Kier alpha value is -2.11. The van der Waals surface area contributed by atoms with Gasteiger partial charge in [0.15, 0.2) is 5.54 Å². The fraction of sp³-hybridized carbons (Fsp3) is 0.333. The van der Waals surface area contributed by atoms with Gasteiger partial charge in [0.25, 0.3) is 5.91 Å². The quantitative estimate of drug-likeness (QED) is 0.676. The maximum absolute atomic E-state index is 13.4. The maximum Gasteiger partial charge on any atom is 0.322 e. The molecule has 6 heteroatoms. The van der Waals surface area contributed by atoms with E-state index in [9.17, 15) is 14.0 Å². The van der Waals surface area contributed by atoms with Crippen LogP contribution in [0.3, 0.4) is 0 Å². The summed E-state index contributed by atoms with van der Waals surface area (Å²) in [5.41, 5.74) is -2.02. The zero-order valence-corrected chi connectivity index (χ0v) is 9.83. The molecule has 1 saturated heterocycles. The summed E-state index contributed by atoms with van der Waals surface area (Å²) < 4.78 is 19.0.